The van der Waals surface area contributed by atoms with E-state index in [0.717, 1.165) is 28.2 Å². The van der Waals surface area contributed by atoms with Gasteiger partial charge in [0.25, 0.3) is 0 Å². The van der Waals surface area contributed by atoms with Crippen LogP contribution < -0.4 is 19.3 Å². The molecule has 0 atom stereocenters. The Kier molecular flexibility index (Phi) is 8.92. The Hall–Kier alpha value is -5.30. The topological polar surface area (TPSA) is 87.4 Å². The molecule has 0 radical (unpaired) electrons. The molecule has 0 aliphatic carbocycles. The van der Waals surface area contributed by atoms with Crippen molar-refractivity contribution in [3.63, 3.8) is 0 Å². The average molecular weight is 621 g/mol. The molecule has 0 bridgehead atoms. The second-order valence-corrected chi connectivity index (χ2v) is 11.5. The molecule has 3 heterocycles. The summed E-state index contributed by atoms with van der Waals surface area (Å²) >= 11 is 0. The van der Waals surface area contributed by atoms with E-state index in [1.54, 1.807) is 26.4 Å². The maximum absolute atomic E-state index is 16.3. The number of fused-ring (bicyclic) bond motifs is 1. The number of nitrogens with zero attached hydrogens (tertiary/aromatic N) is 6. The van der Waals surface area contributed by atoms with Gasteiger partial charge in [0.15, 0.2) is 5.82 Å². The largest absolute Gasteiger partial charge is 0.497 e. The second-order valence-electron chi connectivity index (χ2n) is 11.5. The molecule has 0 unspecified atom stereocenters. The summed E-state index contributed by atoms with van der Waals surface area (Å²) in [5.74, 6) is 1.83. The van der Waals surface area contributed by atoms with E-state index in [4.69, 9.17) is 14.5 Å². The highest BCUT2D eigenvalue weighted by atomic mass is 19.1. The van der Waals surface area contributed by atoms with Crippen molar-refractivity contribution < 1.29 is 18.3 Å². The summed E-state index contributed by atoms with van der Waals surface area (Å²) in [6.07, 6.45) is 0.289. The third-order valence-corrected chi connectivity index (χ3v) is 8.36. The molecule has 8 nitrogen and oxygen atoms in total. The smallest absolute Gasteiger partial charge is 0.311 e. The lowest BCUT2D eigenvalue weighted by atomic mass is 9.98. The number of ether oxygens (including phenoxy) is 2. The Balaban J connectivity index is 1.38. The van der Waals surface area contributed by atoms with Crippen molar-refractivity contribution in [2.24, 2.45) is 5.92 Å². The second kappa shape index (κ2) is 13.4. The average Bonchev–Trinajstić information content (AvgIpc) is 3.08. The highest BCUT2D eigenvalue weighted by molar-refractivity contribution is 5.93. The third-order valence-electron chi connectivity index (χ3n) is 8.36. The number of aromatic nitrogens is 3. The first-order chi connectivity index (χ1) is 22.3. The van der Waals surface area contributed by atoms with Crippen LogP contribution in [-0.2, 0) is 13.1 Å². The zero-order valence-corrected chi connectivity index (χ0v) is 26.0. The van der Waals surface area contributed by atoms with E-state index >= 15 is 4.39 Å². The lowest BCUT2D eigenvalue weighted by Gasteiger charge is -2.30. The highest BCUT2D eigenvalue weighted by Gasteiger charge is 2.25. The standard InChI is InChI=1S/C36H34F2N6O2/c1-23-18-31(29-12-13-30-34(33(29)37)41-36(38)42-35(30)43-16-14-24(20-39)15-17-43)40-32(19-23)44(21-25-4-8-27(45-2)9-5-25)22-26-6-10-28(46-3)11-7-26/h4-13,18-19,24H,14-17,21-22H2,1-3H3. The van der Waals surface area contributed by atoms with Crippen LogP contribution in [0.3, 0.4) is 0 Å². The van der Waals surface area contributed by atoms with Crippen LogP contribution >= 0.6 is 0 Å². The van der Waals surface area contributed by atoms with Gasteiger partial charge in [0.1, 0.15) is 28.7 Å². The van der Waals surface area contributed by atoms with Gasteiger partial charge in [-0.05, 0) is 85.0 Å². The minimum absolute atomic E-state index is 0.0480. The predicted molar refractivity (Wildman–Crippen MR) is 174 cm³/mol. The van der Waals surface area contributed by atoms with E-state index in [1.165, 1.54) is 0 Å². The van der Waals surface area contributed by atoms with E-state index in [-0.39, 0.29) is 17.0 Å². The first-order valence-corrected chi connectivity index (χ1v) is 15.2. The molecule has 234 valence electrons. The molecule has 2 aromatic heterocycles. The van der Waals surface area contributed by atoms with Crippen molar-refractivity contribution in [1.29, 1.82) is 5.26 Å². The number of piperidine rings is 1. The number of rotatable bonds is 9. The number of methoxy groups -OCH3 is 2. The molecule has 6 rings (SSSR count). The Morgan fingerprint density at radius 3 is 2.02 bits per heavy atom. The van der Waals surface area contributed by atoms with Crippen molar-refractivity contribution >= 4 is 22.5 Å². The van der Waals surface area contributed by atoms with Gasteiger partial charge in [-0.25, -0.2) is 9.37 Å². The van der Waals surface area contributed by atoms with Crippen molar-refractivity contribution in [3.05, 3.63) is 101 Å². The van der Waals surface area contributed by atoms with Gasteiger partial charge in [-0.15, -0.1) is 0 Å². The van der Waals surface area contributed by atoms with Crippen molar-refractivity contribution in [1.82, 2.24) is 15.0 Å². The molecule has 5 aromatic rings. The van der Waals surface area contributed by atoms with Gasteiger partial charge < -0.3 is 19.3 Å². The molecule has 0 amide bonds. The number of hydrogen-bond acceptors (Lipinski definition) is 8. The SMILES string of the molecule is COc1ccc(CN(Cc2ccc(OC)cc2)c2cc(C)cc(-c3ccc4c(N5CCC(C#N)CC5)nc(F)nc4c3F)n2)cc1. The van der Waals surface area contributed by atoms with Crippen molar-refractivity contribution in [2.75, 3.05) is 37.1 Å². The van der Waals surface area contributed by atoms with Crippen LogP contribution in [0.25, 0.3) is 22.2 Å². The fraction of sp³-hybridized carbons (Fsp3) is 0.278. The normalized spacial score (nSPS) is 13.4. The molecular formula is C36H34F2N6O2. The van der Waals surface area contributed by atoms with Crippen LogP contribution in [0.1, 0.15) is 29.5 Å². The maximum atomic E-state index is 16.3. The minimum Gasteiger partial charge on any atom is -0.497 e. The van der Waals surface area contributed by atoms with Crippen LogP contribution in [0, 0.1) is 36.1 Å². The molecule has 0 N–H and O–H groups in total. The van der Waals surface area contributed by atoms with E-state index in [2.05, 4.69) is 20.9 Å². The number of benzene rings is 3. The summed E-state index contributed by atoms with van der Waals surface area (Å²) in [6, 6.07) is 25.2. The first kappa shape index (κ1) is 30.7. The maximum Gasteiger partial charge on any atom is 0.311 e. The molecule has 0 saturated carbocycles. The quantitative estimate of drug-likeness (QED) is 0.159. The molecule has 46 heavy (non-hydrogen) atoms. The Bertz CT molecular complexity index is 1840. The minimum atomic E-state index is -0.996. The summed E-state index contributed by atoms with van der Waals surface area (Å²) in [4.78, 5) is 16.9. The highest BCUT2D eigenvalue weighted by Crippen LogP contribution is 2.34. The first-order valence-electron chi connectivity index (χ1n) is 15.2. The van der Waals surface area contributed by atoms with Gasteiger partial charge in [0.2, 0.25) is 0 Å². The molecule has 1 saturated heterocycles. The predicted octanol–water partition coefficient (Wildman–Crippen LogP) is 7.24. The van der Waals surface area contributed by atoms with Crippen LogP contribution in [-0.4, -0.2) is 42.3 Å². The van der Waals surface area contributed by atoms with Crippen molar-refractivity contribution in [2.45, 2.75) is 32.9 Å². The van der Waals surface area contributed by atoms with Gasteiger partial charge in [0, 0.05) is 43.0 Å². The van der Waals surface area contributed by atoms with Crippen molar-refractivity contribution in [3.8, 4) is 28.8 Å². The van der Waals surface area contributed by atoms with Gasteiger partial charge in [-0.2, -0.15) is 19.6 Å². The number of aryl methyl sites for hydroxylation is 1. The monoisotopic (exact) mass is 620 g/mol. The summed E-state index contributed by atoms with van der Waals surface area (Å²) in [5, 5.41) is 9.70. The lowest BCUT2D eigenvalue weighted by molar-refractivity contribution is 0.414. The summed E-state index contributed by atoms with van der Waals surface area (Å²) in [5.41, 5.74) is 3.53. The molecule has 0 spiro atoms. The zero-order chi connectivity index (χ0) is 32.2. The molecule has 1 fully saturated rings. The fourth-order valence-electron chi connectivity index (χ4n) is 5.85. The van der Waals surface area contributed by atoms with Gasteiger partial charge >= 0.3 is 6.08 Å². The molecule has 10 heteroatoms. The Labute approximate surface area is 266 Å². The third kappa shape index (κ3) is 6.54. The van der Waals surface area contributed by atoms with Gasteiger partial charge in [-0.1, -0.05) is 24.3 Å². The zero-order valence-electron chi connectivity index (χ0n) is 26.0. The lowest BCUT2D eigenvalue weighted by Crippen LogP contribution is -2.34. The number of pyridine rings is 1. The van der Waals surface area contributed by atoms with Gasteiger partial charge in [-0.3, -0.25) is 0 Å². The number of anilines is 2. The Morgan fingerprint density at radius 1 is 0.848 bits per heavy atom. The van der Waals surface area contributed by atoms with Crippen LogP contribution in [0.2, 0.25) is 0 Å². The molecule has 1 aliphatic heterocycles. The van der Waals surface area contributed by atoms with E-state index in [0.29, 0.717) is 61.7 Å². The number of halogens is 2. The van der Waals surface area contributed by atoms with Crippen LogP contribution in [0.5, 0.6) is 11.5 Å². The Morgan fingerprint density at radius 2 is 1.46 bits per heavy atom. The molecule has 3 aromatic carbocycles. The molecule has 1 aliphatic rings. The van der Waals surface area contributed by atoms with E-state index < -0.39 is 11.9 Å². The van der Waals surface area contributed by atoms with Crippen LogP contribution in [0.4, 0.5) is 20.4 Å². The summed E-state index contributed by atoms with van der Waals surface area (Å²) in [7, 11) is 3.27. The van der Waals surface area contributed by atoms with Gasteiger partial charge in [0.05, 0.1) is 26.0 Å². The van der Waals surface area contributed by atoms with Crippen LogP contribution in [0.15, 0.2) is 72.8 Å². The molecular weight excluding hydrogens is 586 g/mol. The summed E-state index contributed by atoms with van der Waals surface area (Å²) in [6.45, 7) is 4.09. The fourth-order valence-corrected chi connectivity index (χ4v) is 5.85. The number of hydrogen-bond donors (Lipinski definition) is 0. The van der Waals surface area contributed by atoms with E-state index in [9.17, 15) is 9.65 Å². The van der Waals surface area contributed by atoms with E-state index in [1.807, 2.05) is 72.5 Å². The number of nitriles is 1. The summed E-state index contributed by atoms with van der Waals surface area (Å²) < 4.78 is 41.7.